The first-order valence-electron chi connectivity index (χ1n) is 9.52. The Morgan fingerprint density at radius 2 is 2.24 bits per heavy atom. The van der Waals surface area contributed by atoms with Gasteiger partial charge in [-0.2, -0.15) is 16.9 Å². The molecule has 0 saturated carbocycles. The summed E-state index contributed by atoms with van der Waals surface area (Å²) < 4.78 is 0. The molecule has 0 bridgehead atoms. The maximum absolute atomic E-state index is 12.5. The Morgan fingerprint density at radius 3 is 3.17 bits per heavy atom. The highest BCUT2D eigenvalue weighted by Crippen LogP contribution is 2.34. The predicted octanol–water partition coefficient (Wildman–Crippen LogP) is 3.61. The van der Waals surface area contributed by atoms with Crippen LogP contribution in [0.2, 0.25) is 0 Å². The molecule has 1 aliphatic carbocycles. The number of aryl methyl sites for hydroxylation is 2. The molecular weight excluding hydrogens is 406 g/mol. The molecule has 0 spiro atoms. The Labute approximate surface area is 174 Å². The number of hydrogen-bond acceptors (Lipinski definition) is 6. The summed E-state index contributed by atoms with van der Waals surface area (Å²) in [5.41, 5.74) is 2.72. The van der Waals surface area contributed by atoms with Crippen LogP contribution in [0, 0.1) is 0 Å². The van der Waals surface area contributed by atoms with E-state index in [1.54, 1.807) is 29.3 Å². The minimum absolute atomic E-state index is 0.0320. The van der Waals surface area contributed by atoms with Gasteiger partial charge in [0.25, 0.3) is 5.56 Å². The van der Waals surface area contributed by atoms with Gasteiger partial charge in [0.15, 0.2) is 0 Å². The lowest BCUT2D eigenvalue weighted by molar-refractivity contribution is -0.115. The van der Waals surface area contributed by atoms with E-state index < -0.39 is 0 Å². The van der Waals surface area contributed by atoms with Crippen LogP contribution >= 0.6 is 23.1 Å². The number of aromatic amines is 2. The van der Waals surface area contributed by atoms with E-state index in [0.717, 1.165) is 46.1 Å². The molecule has 9 heteroatoms. The number of carbonyl (C=O) groups is 1. The number of carbonyl (C=O) groups excluding carboxylic acids is 1. The largest absolute Gasteiger partial charge is 0.324 e. The van der Waals surface area contributed by atoms with E-state index in [2.05, 4.69) is 25.5 Å². The molecule has 3 heterocycles. The lowest BCUT2D eigenvalue weighted by atomic mass is 10.2. The van der Waals surface area contributed by atoms with Gasteiger partial charge in [-0.3, -0.25) is 14.7 Å². The summed E-state index contributed by atoms with van der Waals surface area (Å²) in [7, 11) is 0. The van der Waals surface area contributed by atoms with Crippen molar-refractivity contribution in [3.05, 3.63) is 51.0 Å². The van der Waals surface area contributed by atoms with Crippen molar-refractivity contribution >= 4 is 55.8 Å². The van der Waals surface area contributed by atoms with Crippen molar-refractivity contribution in [2.24, 2.45) is 0 Å². The number of hydrogen-bond donors (Lipinski definition) is 3. The van der Waals surface area contributed by atoms with Crippen molar-refractivity contribution in [3.63, 3.8) is 0 Å². The lowest BCUT2D eigenvalue weighted by Crippen LogP contribution is -2.13. The van der Waals surface area contributed by atoms with E-state index in [-0.39, 0.29) is 11.5 Å². The maximum atomic E-state index is 12.5. The first kappa shape index (κ1) is 18.4. The van der Waals surface area contributed by atoms with Crippen LogP contribution in [0.4, 0.5) is 5.69 Å². The molecule has 29 heavy (non-hydrogen) atoms. The SMILES string of the molecule is O=C(CCSCc1nc2sc3c(c2c(=O)[nH]1)CCC3)Nc1cccc2cn[nH]c12. The molecule has 0 atom stereocenters. The number of nitrogens with zero attached hydrogens (tertiary/aromatic N) is 2. The number of anilines is 1. The molecule has 1 amide bonds. The van der Waals surface area contributed by atoms with Crippen molar-refractivity contribution in [2.75, 3.05) is 11.1 Å². The first-order valence-corrected chi connectivity index (χ1v) is 11.5. The highest BCUT2D eigenvalue weighted by molar-refractivity contribution is 7.98. The van der Waals surface area contributed by atoms with Gasteiger partial charge < -0.3 is 10.3 Å². The normalized spacial score (nSPS) is 13.2. The van der Waals surface area contributed by atoms with Crippen LogP contribution in [0.25, 0.3) is 21.1 Å². The number of nitrogens with one attached hydrogen (secondary N) is 3. The van der Waals surface area contributed by atoms with Crippen molar-refractivity contribution in [1.82, 2.24) is 20.2 Å². The van der Waals surface area contributed by atoms with Gasteiger partial charge in [0.1, 0.15) is 10.7 Å². The average Bonchev–Trinajstić information content (AvgIpc) is 3.40. The van der Waals surface area contributed by atoms with Crippen LogP contribution in [-0.2, 0) is 23.4 Å². The van der Waals surface area contributed by atoms with E-state index in [1.807, 2.05) is 18.2 Å². The number of amides is 1. The van der Waals surface area contributed by atoms with Crippen LogP contribution in [-0.4, -0.2) is 31.8 Å². The predicted molar refractivity (Wildman–Crippen MR) is 118 cm³/mol. The smallest absolute Gasteiger partial charge is 0.259 e. The summed E-state index contributed by atoms with van der Waals surface area (Å²) in [6.45, 7) is 0. The monoisotopic (exact) mass is 425 g/mol. The third-order valence-electron chi connectivity index (χ3n) is 5.09. The Morgan fingerprint density at radius 1 is 1.31 bits per heavy atom. The molecule has 7 nitrogen and oxygen atoms in total. The molecule has 3 aromatic heterocycles. The third kappa shape index (κ3) is 3.56. The van der Waals surface area contributed by atoms with Gasteiger partial charge in [0.05, 0.1) is 28.5 Å². The fourth-order valence-corrected chi connectivity index (χ4v) is 5.82. The average molecular weight is 426 g/mol. The number of thioether (sulfide) groups is 1. The zero-order valence-corrected chi connectivity index (χ0v) is 17.2. The van der Waals surface area contributed by atoms with Gasteiger partial charge in [-0.25, -0.2) is 4.98 Å². The summed E-state index contributed by atoms with van der Waals surface area (Å²) in [6.07, 6.45) is 5.28. The van der Waals surface area contributed by atoms with Gasteiger partial charge in [-0.1, -0.05) is 12.1 Å². The summed E-state index contributed by atoms with van der Waals surface area (Å²) in [4.78, 5) is 34.5. The summed E-state index contributed by atoms with van der Waals surface area (Å²) in [5.74, 6) is 1.85. The number of para-hydroxylation sites is 1. The van der Waals surface area contributed by atoms with Crippen LogP contribution in [0.1, 0.15) is 29.1 Å². The summed E-state index contributed by atoms with van der Waals surface area (Å²) >= 11 is 3.24. The van der Waals surface area contributed by atoms with Crippen LogP contribution in [0.5, 0.6) is 0 Å². The molecule has 0 radical (unpaired) electrons. The highest BCUT2D eigenvalue weighted by Gasteiger charge is 2.21. The van der Waals surface area contributed by atoms with Crippen LogP contribution in [0.15, 0.2) is 29.2 Å². The zero-order valence-electron chi connectivity index (χ0n) is 15.6. The van der Waals surface area contributed by atoms with E-state index in [1.165, 1.54) is 10.4 Å². The van der Waals surface area contributed by atoms with Gasteiger partial charge in [0, 0.05) is 22.4 Å². The van der Waals surface area contributed by atoms with E-state index in [4.69, 9.17) is 0 Å². The number of fused-ring (bicyclic) bond motifs is 4. The third-order valence-corrected chi connectivity index (χ3v) is 7.24. The molecule has 5 rings (SSSR count). The number of H-pyrrole nitrogens is 2. The van der Waals surface area contributed by atoms with Gasteiger partial charge in [-0.05, 0) is 30.9 Å². The van der Waals surface area contributed by atoms with Crippen molar-refractivity contribution in [2.45, 2.75) is 31.4 Å². The molecule has 1 aromatic carbocycles. The van der Waals surface area contributed by atoms with Gasteiger partial charge in [-0.15, -0.1) is 11.3 Å². The van der Waals surface area contributed by atoms with Crippen LogP contribution in [0.3, 0.4) is 0 Å². The molecular formula is C20H19N5O2S2. The molecule has 0 aliphatic heterocycles. The van der Waals surface area contributed by atoms with Crippen LogP contribution < -0.4 is 10.9 Å². The highest BCUT2D eigenvalue weighted by atomic mass is 32.2. The number of aromatic nitrogens is 4. The number of thiophene rings is 1. The second kappa shape index (κ2) is 7.64. The molecule has 1 aliphatic rings. The fourth-order valence-electron chi connectivity index (χ4n) is 3.73. The standard InChI is InChI=1S/C20H19N5O2S2/c26-16(22-13-5-1-3-11-9-21-25-18(11)13)7-8-28-10-15-23-19(27)17-12-4-2-6-14(12)29-20(17)24-15/h1,3,5,9H,2,4,6-8,10H2,(H,21,25)(H,22,26)(H,23,24,27). The second-order valence-electron chi connectivity index (χ2n) is 7.04. The first-order chi connectivity index (χ1) is 14.2. The second-order valence-corrected chi connectivity index (χ2v) is 9.23. The maximum Gasteiger partial charge on any atom is 0.259 e. The molecule has 0 fully saturated rings. The molecule has 0 unspecified atom stereocenters. The van der Waals surface area contributed by atoms with Crippen molar-refractivity contribution in [1.29, 1.82) is 0 Å². The molecule has 0 saturated heterocycles. The van der Waals surface area contributed by atoms with E-state index >= 15 is 0 Å². The Bertz CT molecular complexity index is 1270. The number of rotatable bonds is 6. The Hall–Kier alpha value is -2.65. The van der Waals surface area contributed by atoms with Gasteiger partial charge in [0.2, 0.25) is 5.91 Å². The molecule has 4 aromatic rings. The quantitative estimate of drug-likeness (QED) is 0.410. The lowest BCUT2D eigenvalue weighted by Gasteiger charge is -2.06. The summed E-state index contributed by atoms with van der Waals surface area (Å²) in [5, 5.41) is 11.6. The summed E-state index contributed by atoms with van der Waals surface area (Å²) in [6, 6.07) is 5.69. The number of benzene rings is 1. The Kier molecular flexibility index (Phi) is 4.84. The molecule has 148 valence electrons. The minimum Gasteiger partial charge on any atom is -0.324 e. The van der Waals surface area contributed by atoms with Gasteiger partial charge >= 0.3 is 0 Å². The topological polar surface area (TPSA) is 104 Å². The van der Waals surface area contributed by atoms with E-state index in [9.17, 15) is 9.59 Å². The molecule has 3 N–H and O–H groups in total. The fraction of sp³-hybridized carbons (Fsp3) is 0.300. The minimum atomic E-state index is -0.0498. The van der Waals surface area contributed by atoms with Crippen molar-refractivity contribution in [3.8, 4) is 0 Å². The Balaban J connectivity index is 1.18. The van der Waals surface area contributed by atoms with Crippen molar-refractivity contribution < 1.29 is 4.79 Å². The van der Waals surface area contributed by atoms with E-state index in [0.29, 0.717) is 23.8 Å². The zero-order chi connectivity index (χ0) is 19.8.